The van der Waals surface area contributed by atoms with Gasteiger partial charge in [-0.05, 0) is 23.9 Å². The minimum atomic E-state index is -0.730. The van der Waals surface area contributed by atoms with Crippen molar-refractivity contribution in [2.24, 2.45) is 17.3 Å². The van der Waals surface area contributed by atoms with Crippen LogP contribution in [0.15, 0.2) is 30.3 Å². The second-order valence-electron chi connectivity index (χ2n) is 9.91. The third-order valence-corrected chi connectivity index (χ3v) is 5.75. The zero-order chi connectivity index (χ0) is 23.1. The van der Waals surface area contributed by atoms with E-state index in [1.54, 1.807) is 7.05 Å². The third-order valence-electron chi connectivity index (χ3n) is 5.75. The molecule has 0 aliphatic carbocycles. The lowest BCUT2D eigenvalue weighted by molar-refractivity contribution is -0.133. The standard InChI is InChI=1S/C24H39N3O3/c1-16(2)17(15-28)14-26-21(29)19(23(3,4)5)27-22(30)20(25-8)24(6,7)18-12-10-9-11-13-18/h9-13,15-17,19-20,25H,14H2,1-8H3,(H,26,29)(H,27,30). The maximum absolute atomic E-state index is 13.2. The van der Waals surface area contributed by atoms with Crippen molar-refractivity contribution >= 4 is 18.1 Å². The van der Waals surface area contributed by atoms with Gasteiger partial charge in [-0.25, -0.2) is 0 Å². The fourth-order valence-corrected chi connectivity index (χ4v) is 3.52. The maximum Gasteiger partial charge on any atom is 0.243 e. The molecule has 3 N–H and O–H groups in total. The number of hydrogen-bond acceptors (Lipinski definition) is 4. The predicted molar refractivity (Wildman–Crippen MR) is 121 cm³/mol. The summed E-state index contributed by atoms with van der Waals surface area (Å²) in [6, 6.07) is 8.57. The zero-order valence-corrected chi connectivity index (χ0v) is 19.7. The largest absolute Gasteiger partial charge is 0.354 e. The summed E-state index contributed by atoms with van der Waals surface area (Å²) in [6.45, 7) is 13.9. The summed E-state index contributed by atoms with van der Waals surface area (Å²) in [5.41, 5.74) is 0.0462. The molecule has 30 heavy (non-hydrogen) atoms. The summed E-state index contributed by atoms with van der Waals surface area (Å²) >= 11 is 0. The van der Waals surface area contributed by atoms with E-state index in [1.807, 2.05) is 78.8 Å². The Morgan fingerprint density at radius 1 is 0.967 bits per heavy atom. The Hall–Kier alpha value is -2.21. The molecule has 3 unspecified atom stereocenters. The monoisotopic (exact) mass is 417 g/mol. The van der Waals surface area contributed by atoms with Gasteiger partial charge in [-0.3, -0.25) is 9.59 Å². The first-order chi connectivity index (χ1) is 13.9. The van der Waals surface area contributed by atoms with E-state index in [0.29, 0.717) is 0 Å². The summed E-state index contributed by atoms with van der Waals surface area (Å²) in [4.78, 5) is 37.4. The van der Waals surface area contributed by atoms with E-state index >= 15 is 0 Å². The molecule has 0 saturated heterocycles. The highest BCUT2D eigenvalue weighted by Gasteiger charge is 2.39. The topological polar surface area (TPSA) is 87.3 Å². The van der Waals surface area contributed by atoms with E-state index in [2.05, 4.69) is 16.0 Å². The first-order valence-corrected chi connectivity index (χ1v) is 10.6. The number of carbonyl (C=O) groups is 3. The van der Waals surface area contributed by atoms with Crippen molar-refractivity contribution in [2.45, 2.75) is 66.0 Å². The molecule has 2 amide bonds. The quantitative estimate of drug-likeness (QED) is 0.511. The Labute approximate surface area is 181 Å². The van der Waals surface area contributed by atoms with Crippen molar-refractivity contribution in [3.8, 4) is 0 Å². The highest BCUT2D eigenvalue weighted by molar-refractivity contribution is 5.91. The van der Waals surface area contributed by atoms with Crippen LogP contribution in [0.3, 0.4) is 0 Å². The van der Waals surface area contributed by atoms with E-state index in [0.717, 1.165) is 11.8 Å². The summed E-state index contributed by atoms with van der Waals surface area (Å²) in [7, 11) is 1.75. The molecule has 168 valence electrons. The van der Waals surface area contributed by atoms with Gasteiger partial charge < -0.3 is 20.7 Å². The molecule has 0 bridgehead atoms. The van der Waals surface area contributed by atoms with Gasteiger partial charge in [0.05, 0.1) is 6.04 Å². The fourth-order valence-electron chi connectivity index (χ4n) is 3.52. The molecule has 3 atom stereocenters. The predicted octanol–water partition coefficient (Wildman–Crippen LogP) is 2.67. The molecule has 0 saturated carbocycles. The zero-order valence-electron chi connectivity index (χ0n) is 19.7. The van der Waals surface area contributed by atoms with Crippen molar-refractivity contribution in [3.05, 3.63) is 35.9 Å². The van der Waals surface area contributed by atoms with Crippen LogP contribution >= 0.6 is 0 Å². The van der Waals surface area contributed by atoms with Crippen LogP contribution in [-0.2, 0) is 19.8 Å². The molecule has 6 nitrogen and oxygen atoms in total. The second kappa shape index (κ2) is 10.7. The summed E-state index contributed by atoms with van der Waals surface area (Å²) in [5.74, 6) is -0.647. The number of carbonyl (C=O) groups excluding carboxylic acids is 3. The van der Waals surface area contributed by atoms with Gasteiger partial charge in [-0.1, -0.05) is 78.8 Å². The number of aldehydes is 1. The van der Waals surface area contributed by atoms with E-state index in [9.17, 15) is 14.4 Å². The van der Waals surface area contributed by atoms with Crippen molar-refractivity contribution in [1.29, 1.82) is 0 Å². The highest BCUT2D eigenvalue weighted by atomic mass is 16.2. The van der Waals surface area contributed by atoms with Crippen LogP contribution in [0.2, 0.25) is 0 Å². The number of rotatable bonds is 10. The third kappa shape index (κ3) is 6.66. The fraction of sp³-hybridized carbons (Fsp3) is 0.625. The number of likely N-dealkylation sites (N-methyl/N-ethyl adjacent to an activating group) is 1. The van der Waals surface area contributed by atoms with E-state index in [4.69, 9.17) is 0 Å². The average Bonchev–Trinajstić information content (AvgIpc) is 2.66. The minimum Gasteiger partial charge on any atom is -0.354 e. The lowest BCUT2D eigenvalue weighted by Crippen LogP contribution is -2.61. The normalized spacial score (nSPS) is 15.2. The van der Waals surface area contributed by atoms with Gasteiger partial charge in [0, 0.05) is 17.9 Å². The highest BCUT2D eigenvalue weighted by Crippen LogP contribution is 2.28. The van der Waals surface area contributed by atoms with Gasteiger partial charge >= 0.3 is 0 Å². The Morgan fingerprint density at radius 2 is 1.53 bits per heavy atom. The molecule has 1 aromatic rings. The molecular formula is C24H39N3O3. The van der Waals surface area contributed by atoms with Crippen LogP contribution in [0.25, 0.3) is 0 Å². The molecular weight excluding hydrogens is 378 g/mol. The molecule has 0 aliphatic rings. The minimum absolute atomic E-state index is 0.130. The molecule has 0 aliphatic heterocycles. The van der Waals surface area contributed by atoms with Crippen molar-refractivity contribution in [3.63, 3.8) is 0 Å². The second-order valence-corrected chi connectivity index (χ2v) is 9.91. The van der Waals surface area contributed by atoms with Crippen molar-refractivity contribution < 1.29 is 14.4 Å². The molecule has 1 aromatic carbocycles. The Bertz CT molecular complexity index is 708. The van der Waals surface area contributed by atoms with Crippen LogP contribution < -0.4 is 16.0 Å². The van der Waals surface area contributed by atoms with Crippen molar-refractivity contribution in [1.82, 2.24) is 16.0 Å². The number of hydrogen-bond donors (Lipinski definition) is 3. The van der Waals surface area contributed by atoms with Crippen LogP contribution in [0.1, 0.15) is 54.0 Å². The molecule has 0 radical (unpaired) electrons. The number of benzene rings is 1. The Kier molecular flexibility index (Phi) is 9.22. The lowest BCUT2D eigenvalue weighted by atomic mass is 9.76. The Morgan fingerprint density at radius 3 is 1.97 bits per heavy atom. The summed E-state index contributed by atoms with van der Waals surface area (Å²) < 4.78 is 0. The van der Waals surface area contributed by atoms with Crippen LogP contribution in [-0.4, -0.2) is 43.8 Å². The summed E-state index contributed by atoms with van der Waals surface area (Å²) in [6.07, 6.45) is 0.870. The first-order valence-electron chi connectivity index (χ1n) is 10.6. The first kappa shape index (κ1) is 25.8. The van der Waals surface area contributed by atoms with Crippen LogP contribution in [0, 0.1) is 17.3 Å². The van der Waals surface area contributed by atoms with E-state index in [-0.39, 0.29) is 30.2 Å². The molecule has 0 heterocycles. The van der Waals surface area contributed by atoms with E-state index < -0.39 is 22.9 Å². The molecule has 0 aromatic heterocycles. The maximum atomic E-state index is 13.2. The molecule has 6 heteroatoms. The van der Waals surface area contributed by atoms with Crippen molar-refractivity contribution in [2.75, 3.05) is 13.6 Å². The molecule has 0 fully saturated rings. The van der Waals surface area contributed by atoms with Gasteiger partial charge in [0.25, 0.3) is 0 Å². The summed E-state index contributed by atoms with van der Waals surface area (Å²) in [5, 5.41) is 8.92. The van der Waals surface area contributed by atoms with Gasteiger partial charge in [-0.15, -0.1) is 0 Å². The molecule has 1 rings (SSSR count). The average molecular weight is 418 g/mol. The lowest BCUT2D eigenvalue weighted by Gasteiger charge is -2.37. The van der Waals surface area contributed by atoms with Crippen LogP contribution in [0.4, 0.5) is 0 Å². The van der Waals surface area contributed by atoms with Crippen LogP contribution in [0.5, 0.6) is 0 Å². The van der Waals surface area contributed by atoms with Gasteiger partial charge in [-0.2, -0.15) is 0 Å². The SMILES string of the molecule is CNC(C(=O)NC(C(=O)NCC(C=O)C(C)C)C(C)(C)C)C(C)(C)c1ccccc1. The van der Waals surface area contributed by atoms with Gasteiger partial charge in [0.15, 0.2) is 0 Å². The van der Waals surface area contributed by atoms with Gasteiger partial charge in [0.2, 0.25) is 11.8 Å². The Balaban J connectivity index is 3.02. The number of amides is 2. The van der Waals surface area contributed by atoms with Gasteiger partial charge in [0.1, 0.15) is 12.3 Å². The van der Waals surface area contributed by atoms with E-state index in [1.165, 1.54) is 0 Å². The molecule has 0 spiro atoms. The number of nitrogens with one attached hydrogen (secondary N) is 3. The smallest absolute Gasteiger partial charge is 0.243 e.